The molecular formula is C11H9ClFN3O. The number of hydrogen-bond donors (Lipinski definition) is 1. The molecular weight excluding hydrogens is 245 g/mol. The lowest BCUT2D eigenvalue weighted by atomic mass is 10.1. The second-order valence-electron chi connectivity index (χ2n) is 3.28. The van der Waals surface area contributed by atoms with Crippen molar-refractivity contribution in [3.63, 3.8) is 0 Å². The maximum absolute atomic E-state index is 13.7. The van der Waals surface area contributed by atoms with Crippen LogP contribution in [0, 0.1) is 5.82 Å². The van der Waals surface area contributed by atoms with Crippen LogP contribution in [0.15, 0.2) is 24.3 Å². The summed E-state index contributed by atoms with van der Waals surface area (Å²) in [5.41, 5.74) is 6.15. The molecule has 0 aliphatic carbocycles. The molecule has 0 unspecified atom stereocenters. The van der Waals surface area contributed by atoms with Gasteiger partial charge in [0.2, 0.25) is 11.8 Å². The largest absolute Gasteiger partial charge is 0.481 e. The van der Waals surface area contributed by atoms with E-state index in [-0.39, 0.29) is 11.8 Å². The molecule has 0 aliphatic heterocycles. The van der Waals surface area contributed by atoms with Gasteiger partial charge in [-0.2, -0.15) is 4.98 Å². The van der Waals surface area contributed by atoms with Gasteiger partial charge in [0.25, 0.3) is 0 Å². The molecule has 1 aromatic carbocycles. The number of nitrogens with zero attached hydrogens (tertiary/aromatic N) is 2. The van der Waals surface area contributed by atoms with Crippen molar-refractivity contribution in [2.24, 2.45) is 0 Å². The molecule has 0 amide bonds. The molecule has 0 bridgehead atoms. The van der Waals surface area contributed by atoms with Crippen LogP contribution in [0.4, 0.5) is 10.3 Å². The van der Waals surface area contributed by atoms with Crippen molar-refractivity contribution in [1.82, 2.24) is 9.97 Å². The van der Waals surface area contributed by atoms with Crippen molar-refractivity contribution >= 4 is 17.5 Å². The molecule has 0 radical (unpaired) electrons. The van der Waals surface area contributed by atoms with Crippen molar-refractivity contribution in [2.45, 2.75) is 0 Å². The normalized spacial score (nSPS) is 10.3. The van der Waals surface area contributed by atoms with Gasteiger partial charge < -0.3 is 10.5 Å². The number of aromatic nitrogens is 2. The average Bonchev–Trinajstić information content (AvgIpc) is 2.28. The smallest absolute Gasteiger partial charge is 0.223 e. The molecule has 0 fully saturated rings. The summed E-state index contributed by atoms with van der Waals surface area (Å²) in [6.45, 7) is 0. The highest BCUT2D eigenvalue weighted by molar-refractivity contribution is 6.30. The predicted octanol–water partition coefficient (Wildman–Crippen LogP) is 2.53. The van der Waals surface area contributed by atoms with E-state index in [1.54, 1.807) is 6.07 Å². The molecule has 1 aromatic heterocycles. The van der Waals surface area contributed by atoms with Crippen molar-refractivity contribution in [3.05, 3.63) is 35.1 Å². The van der Waals surface area contributed by atoms with E-state index in [4.69, 9.17) is 22.1 Å². The fourth-order valence-electron chi connectivity index (χ4n) is 1.38. The van der Waals surface area contributed by atoms with Gasteiger partial charge in [0.05, 0.1) is 12.8 Å². The summed E-state index contributed by atoms with van der Waals surface area (Å²) < 4.78 is 18.6. The number of ether oxygens (including phenoxy) is 1. The number of nitrogens with two attached hydrogens (primary N) is 1. The van der Waals surface area contributed by atoms with Gasteiger partial charge in [-0.1, -0.05) is 11.6 Å². The SMILES string of the molecule is COc1cc(-c2ccc(Cl)cc2F)nc(N)n1. The fourth-order valence-corrected chi connectivity index (χ4v) is 1.54. The molecule has 1 heterocycles. The monoisotopic (exact) mass is 253 g/mol. The molecule has 6 heteroatoms. The van der Waals surface area contributed by atoms with Crippen molar-refractivity contribution in [2.75, 3.05) is 12.8 Å². The lowest BCUT2D eigenvalue weighted by molar-refractivity contribution is 0.398. The summed E-state index contributed by atoms with van der Waals surface area (Å²) in [6, 6.07) is 5.81. The van der Waals surface area contributed by atoms with Gasteiger partial charge in [-0.3, -0.25) is 0 Å². The quantitative estimate of drug-likeness (QED) is 0.893. The van der Waals surface area contributed by atoms with E-state index in [1.807, 2.05) is 0 Å². The van der Waals surface area contributed by atoms with E-state index in [0.717, 1.165) is 0 Å². The van der Waals surface area contributed by atoms with E-state index in [2.05, 4.69) is 9.97 Å². The third-order valence-corrected chi connectivity index (χ3v) is 2.37. The minimum absolute atomic E-state index is 0.0219. The lowest BCUT2D eigenvalue weighted by Gasteiger charge is -2.06. The predicted molar refractivity (Wildman–Crippen MR) is 63.4 cm³/mol. The Morgan fingerprint density at radius 1 is 1.29 bits per heavy atom. The van der Waals surface area contributed by atoms with E-state index in [1.165, 1.54) is 25.3 Å². The van der Waals surface area contributed by atoms with Gasteiger partial charge in [-0.05, 0) is 18.2 Å². The summed E-state index contributed by atoms with van der Waals surface area (Å²) >= 11 is 5.67. The van der Waals surface area contributed by atoms with Crippen LogP contribution in [0.25, 0.3) is 11.3 Å². The van der Waals surface area contributed by atoms with Gasteiger partial charge in [0.15, 0.2) is 0 Å². The Kier molecular flexibility index (Phi) is 3.10. The van der Waals surface area contributed by atoms with Gasteiger partial charge >= 0.3 is 0 Å². The molecule has 0 saturated heterocycles. The number of rotatable bonds is 2. The molecule has 0 saturated carbocycles. The standard InChI is InChI=1S/C11H9ClFN3O/c1-17-10-5-9(15-11(14)16-10)7-3-2-6(12)4-8(7)13/h2-5H,1H3,(H2,14,15,16). The Bertz CT molecular complexity index is 562. The lowest BCUT2D eigenvalue weighted by Crippen LogP contribution is -1.99. The van der Waals surface area contributed by atoms with Gasteiger partial charge in [-0.25, -0.2) is 9.37 Å². The van der Waals surface area contributed by atoms with Crippen molar-refractivity contribution < 1.29 is 9.13 Å². The van der Waals surface area contributed by atoms with E-state index >= 15 is 0 Å². The molecule has 0 spiro atoms. The minimum Gasteiger partial charge on any atom is -0.481 e. The van der Waals surface area contributed by atoms with E-state index in [9.17, 15) is 4.39 Å². The highest BCUT2D eigenvalue weighted by Gasteiger charge is 2.10. The highest BCUT2D eigenvalue weighted by Crippen LogP contribution is 2.26. The maximum atomic E-state index is 13.7. The van der Waals surface area contributed by atoms with Crippen LogP contribution in [0.5, 0.6) is 5.88 Å². The Labute approximate surface area is 102 Å². The Morgan fingerprint density at radius 2 is 2.06 bits per heavy atom. The number of methoxy groups -OCH3 is 1. The van der Waals surface area contributed by atoms with Crippen LogP contribution >= 0.6 is 11.6 Å². The molecule has 2 aromatic rings. The third-order valence-electron chi connectivity index (χ3n) is 2.14. The van der Waals surface area contributed by atoms with Crippen LogP contribution < -0.4 is 10.5 Å². The topological polar surface area (TPSA) is 61.0 Å². The van der Waals surface area contributed by atoms with Gasteiger partial charge in [-0.15, -0.1) is 0 Å². The minimum atomic E-state index is -0.474. The number of hydrogen-bond acceptors (Lipinski definition) is 4. The van der Waals surface area contributed by atoms with Crippen LogP contribution in [-0.4, -0.2) is 17.1 Å². The number of halogens is 2. The van der Waals surface area contributed by atoms with Gasteiger partial charge in [0.1, 0.15) is 5.82 Å². The van der Waals surface area contributed by atoms with Crippen molar-refractivity contribution in [1.29, 1.82) is 0 Å². The molecule has 2 rings (SSSR count). The molecule has 17 heavy (non-hydrogen) atoms. The Hall–Kier alpha value is -1.88. The second kappa shape index (κ2) is 4.55. The summed E-state index contributed by atoms with van der Waals surface area (Å²) in [7, 11) is 1.45. The molecule has 2 N–H and O–H groups in total. The van der Waals surface area contributed by atoms with E-state index < -0.39 is 5.82 Å². The van der Waals surface area contributed by atoms with Crippen LogP contribution in [0.3, 0.4) is 0 Å². The summed E-state index contributed by atoms with van der Waals surface area (Å²) in [5, 5.41) is 0.320. The first-order valence-electron chi connectivity index (χ1n) is 4.74. The molecule has 0 aliphatic rings. The average molecular weight is 254 g/mol. The first kappa shape index (κ1) is 11.6. The van der Waals surface area contributed by atoms with Crippen LogP contribution in [0.1, 0.15) is 0 Å². The van der Waals surface area contributed by atoms with Crippen LogP contribution in [0.2, 0.25) is 5.02 Å². The molecule has 0 atom stereocenters. The summed E-state index contributed by atoms with van der Waals surface area (Å²) in [5.74, 6) is -0.173. The van der Waals surface area contributed by atoms with Crippen LogP contribution in [-0.2, 0) is 0 Å². The third kappa shape index (κ3) is 2.45. The zero-order valence-corrected chi connectivity index (χ0v) is 9.70. The van der Waals surface area contributed by atoms with Crippen molar-refractivity contribution in [3.8, 4) is 17.1 Å². The second-order valence-corrected chi connectivity index (χ2v) is 3.71. The summed E-state index contributed by atoms with van der Waals surface area (Å²) in [4.78, 5) is 7.77. The first-order chi connectivity index (χ1) is 8.10. The Balaban J connectivity index is 2.55. The summed E-state index contributed by atoms with van der Waals surface area (Å²) in [6.07, 6.45) is 0. The maximum Gasteiger partial charge on any atom is 0.223 e. The number of benzene rings is 1. The first-order valence-corrected chi connectivity index (χ1v) is 5.12. The van der Waals surface area contributed by atoms with Gasteiger partial charge in [0, 0.05) is 16.7 Å². The highest BCUT2D eigenvalue weighted by atomic mass is 35.5. The zero-order valence-electron chi connectivity index (χ0n) is 8.95. The zero-order chi connectivity index (χ0) is 12.4. The van der Waals surface area contributed by atoms with E-state index in [0.29, 0.717) is 16.3 Å². The number of nitrogen functional groups attached to an aromatic ring is 1. The number of anilines is 1. The Morgan fingerprint density at radius 3 is 2.71 bits per heavy atom. The molecule has 4 nitrogen and oxygen atoms in total. The fraction of sp³-hybridized carbons (Fsp3) is 0.0909. The molecule has 88 valence electrons.